The van der Waals surface area contributed by atoms with Gasteiger partial charge in [-0.3, -0.25) is 4.79 Å². The van der Waals surface area contributed by atoms with E-state index in [1.165, 1.54) is 5.56 Å². The number of benzene rings is 1. The first kappa shape index (κ1) is 10.7. The summed E-state index contributed by atoms with van der Waals surface area (Å²) in [6.07, 6.45) is 2.41. The molecule has 0 aliphatic rings. The van der Waals surface area contributed by atoms with Crippen LogP contribution in [-0.4, -0.2) is 6.29 Å². The average molecular weight is 188 g/mol. The van der Waals surface area contributed by atoms with Gasteiger partial charge in [-0.15, -0.1) is 0 Å². The van der Waals surface area contributed by atoms with Gasteiger partial charge in [-0.25, -0.2) is 0 Å². The van der Waals surface area contributed by atoms with E-state index in [2.05, 4.69) is 38.1 Å². The highest BCUT2D eigenvalue weighted by Crippen LogP contribution is 2.18. The molecule has 0 atom stereocenters. The fraction of sp³-hybridized carbons (Fsp3) is 0.308. The van der Waals surface area contributed by atoms with Crippen molar-refractivity contribution < 1.29 is 4.79 Å². The topological polar surface area (TPSA) is 17.1 Å². The number of carbonyl (C=O) groups is 1. The van der Waals surface area contributed by atoms with Crippen molar-refractivity contribution in [3.63, 3.8) is 0 Å². The molecule has 0 N–H and O–H groups in total. The Labute approximate surface area is 85.5 Å². The number of aldehydes is 1. The van der Waals surface area contributed by atoms with Gasteiger partial charge >= 0.3 is 0 Å². The SMILES string of the molecule is C/C(=C\C=O)c1ccc(C(C)C)cc1. The maximum absolute atomic E-state index is 10.3. The van der Waals surface area contributed by atoms with Gasteiger partial charge in [0.25, 0.3) is 0 Å². The van der Waals surface area contributed by atoms with Gasteiger partial charge in [0.15, 0.2) is 0 Å². The molecule has 1 nitrogen and oxygen atoms in total. The third kappa shape index (κ3) is 2.56. The summed E-state index contributed by atoms with van der Waals surface area (Å²) in [4.78, 5) is 10.3. The zero-order valence-electron chi connectivity index (χ0n) is 8.95. The number of hydrogen-bond acceptors (Lipinski definition) is 1. The van der Waals surface area contributed by atoms with E-state index < -0.39 is 0 Å². The van der Waals surface area contributed by atoms with Crippen molar-refractivity contribution >= 4 is 11.9 Å². The number of carbonyl (C=O) groups excluding carboxylic acids is 1. The lowest BCUT2D eigenvalue weighted by Gasteiger charge is -2.06. The van der Waals surface area contributed by atoms with E-state index in [9.17, 15) is 4.79 Å². The minimum atomic E-state index is 0.555. The second kappa shape index (κ2) is 4.75. The van der Waals surface area contributed by atoms with E-state index in [0.29, 0.717) is 5.92 Å². The van der Waals surface area contributed by atoms with Crippen molar-refractivity contribution in [2.75, 3.05) is 0 Å². The second-order valence-electron chi connectivity index (χ2n) is 3.76. The van der Waals surface area contributed by atoms with E-state index in [1.54, 1.807) is 6.08 Å². The second-order valence-corrected chi connectivity index (χ2v) is 3.76. The number of allylic oxidation sites excluding steroid dienone is 2. The quantitative estimate of drug-likeness (QED) is 0.524. The molecule has 0 aliphatic carbocycles. The third-order valence-electron chi connectivity index (χ3n) is 2.35. The summed E-state index contributed by atoms with van der Waals surface area (Å²) in [6.45, 7) is 6.28. The summed E-state index contributed by atoms with van der Waals surface area (Å²) in [6, 6.07) is 8.35. The summed E-state index contributed by atoms with van der Waals surface area (Å²) in [5, 5.41) is 0. The zero-order valence-corrected chi connectivity index (χ0v) is 8.95. The monoisotopic (exact) mass is 188 g/mol. The van der Waals surface area contributed by atoms with Crippen molar-refractivity contribution in [2.24, 2.45) is 0 Å². The first-order valence-electron chi connectivity index (χ1n) is 4.87. The highest BCUT2D eigenvalue weighted by Gasteiger charge is 1.99. The van der Waals surface area contributed by atoms with Crippen LogP contribution >= 0.6 is 0 Å². The molecule has 0 aliphatic heterocycles. The van der Waals surface area contributed by atoms with E-state index in [1.807, 2.05) is 6.92 Å². The number of rotatable bonds is 3. The maximum atomic E-state index is 10.3. The standard InChI is InChI=1S/C13H16O/c1-10(2)12-4-6-13(7-5-12)11(3)8-9-14/h4-10H,1-3H3/b11-8+. The largest absolute Gasteiger partial charge is 0.299 e. The lowest BCUT2D eigenvalue weighted by molar-refractivity contribution is -0.104. The molecule has 0 unspecified atom stereocenters. The van der Waals surface area contributed by atoms with Crippen LogP contribution in [0, 0.1) is 0 Å². The molecule has 0 aromatic heterocycles. The van der Waals surface area contributed by atoms with Crippen molar-refractivity contribution in [1.29, 1.82) is 0 Å². The highest BCUT2D eigenvalue weighted by atomic mass is 16.1. The summed E-state index contributed by atoms with van der Waals surface area (Å²) in [5.74, 6) is 0.555. The summed E-state index contributed by atoms with van der Waals surface area (Å²) in [5.41, 5.74) is 3.45. The van der Waals surface area contributed by atoms with Crippen LogP contribution < -0.4 is 0 Å². The molecule has 74 valence electrons. The highest BCUT2D eigenvalue weighted by molar-refractivity contribution is 5.80. The van der Waals surface area contributed by atoms with Crippen LogP contribution in [0.25, 0.3) is 5.57 Å². The normalized spacial score (nSPS) is 11.9. The van der Waals surface area contributed by atoms with Crippen molar-refractivity contribution in [1.82, 2.24) is 0 Å². The molecule has 0 saturated heterocycles. The van der Waals surface area contributed by atoms with Crippen LogP contribution in [0.15, 0.2) is 30.3 Å². The van der Waals surface area contributed by atoms with Crippen LogP contribution in [0.2, 0.25) is 0 Å². The lowest BCUT2D eigenvalue weighted by Crippen LogP contribution is -1.87. The minimum absolute atomic E-state index is 0.555. The average Bonchev–Trinajstić information content (AvgIpc) is 2.18. The Kier molecular flexibility index (Phi) is 3.63. The van der Waals surface area contributed by atoms with Gasteiger partial charge in [0.2, 0.25) is 0 Å². The maximum Gasteiger partial charge on any atom is 0.143 e. The molecule has 1 aromatic rings. The van der Waals surface area contributed by atoms with Gasteiger partial charge in [-0.2, -0.15) is 0 Å². The van der Waals surface area contributed by atoms with Gasteiger partial charge in [-0.1, -0.05) is 38.1 Å². The van der Waals surface area contributed by atoms with Crippen LogP contribution in [-0.2, 0) is 4.79 Å². The molecule has 0 saturated carbocycles. The Balaban J connectivity index is 2.93. The molecule has 1 aromatic carbocycles. The Morgan fingerprint density at radius 2 is 1.79 bits per heavy atom. The molecular weight excluding hydrogens is 172 g/mol. The molecule has 1 rings (SSSR count). The van der Waals surface area contributed by atoms with Gasteiger partial charge in [0.05, 0.1) is 0 Å². The first-order chi connectivity index (χ1) is 6.65. The Bertz CT molecular complexity index is 331. The lowest BCUT2D eigenvalue weighted by atomic mass is 9.99. The van der Waals surface area contributed by atoms with E-state index in [0.717, 1.165) is 17.4 Å². The van der Waals surface area contributed by atoms with Gasteiger partial charge < -0.3 is 0 Å². The van der Waals surface area contributed by atoms with Crippen molar-refractivity contribution in [2.45, 2.75) is 26.7 Å². The van der Waals surface area contributed by atoms with E-state index >= 15 is 0 Å². The van der Waals surface area contributed by atoms with Crippen LogP contribution in [0.5, 0.6) is 0 Å². The fourth-order valence-corrected chi connectivity index (χ4v) is 1.33. The van der Waals surface area contributed by atoms with Crippen molar-refractivity contribution in [3.8, 4) is 0 Å². The zero-order chi connectivity index (χ0) is 10.6. The molecule has 0 radical (unpaired) electrons. The molecule has 0 spiro atoms. The van der Waals surface area contributed by atoms with Crippen LogP contribution in [0.1, 0.15) is 37.8 Å². The Morgan fingerprint density at radius 1 is 1.21 bits per heavy atom. The third-order valence-corrected chi connectivity index (χ3v) is 2.35. The molecule has 0 bridgehead atoms. The summed E-state index contributed by atoms with van der Waals surface area (Å²) in [7, 11) is 0. The molecule has 0 heterocycles. The molecule has 0 amide bonds. The van der Waals surface area contributed by atoms with Gasteiger partial charge in [-0.05, 0) is 35.6 Å². The van der Waals surface area contributed by atoms with Crippen LogP contribution in [0.4, 0.5) is 0 Å². The summed E-state index contributed by atoms with van der Waals surface area (Å²) < 4.78 is 0. The first-order valence-corrected chi connectivity index (χ1v) is 4.87. The van der Waals surface area contributed by atoms with Gasteiger partial charge in [0, 0.05) is 0 Å². The predicted molar refractivity (Wildman–Crippen MR) is 60.2 cm³/mol. The molecular formula is C13H16O. The minimum Gasteiger partial charge on any atom is -0.299 e. The summed E-state index contributed by atoms with van der Waals surface area (Å²) >= 11 is 0. The molecule has 0 fully saturated rings. The van der Waals surface area contributed by atoms with Gasteiger partial charge in [0.1, 0.15) is 6.29 Å². The fourth-order valence-electron chi connectivity index (χ4n) is 1.33. The van der Waals surface area contributed by atoms with Crippen molar-refractivity contribution in [3.05, 3.63) is 41.5 Å². The smallest absolute Gasteiger partial charge is 0.143 e. The van der Waals surface area contributed by atoms with E-state index in [4.69, 9.17) is 0 Å². The Hall–Kier alpha value is -1.37. The molecule has 14 heavy (non-hydrogen) atoms. The number of hydrogen-bond donors (Lipinski definition) is 0. The molecule has 1 heteroatoms. The predicted octanol–water partition coefficient (Wildman–Crippen LogP) is 3.41. The van der Waals surface area contributed by atoms with E-state index in [-0.39, 0.29) is 0 Å². The van der Waals surface area contributed by atoms with Crippen LogP contribution in [0.3, 0.4) is 0 Å². The Morgan fingerprint density at radius 3 is 2.21 bits per heavy atom.